The molecule has 1 heterocycles. The van der Waals surface area contributed by atoms with E-state index in [0.717, 1.165) is 14.4 Å². The molecule has 0 radical (unpaired) electrons. The summed E-state index contributed by atoms with van der Waals surface area (Å²) in [6.45, 7) is 0. The fourth-order valence-electron chi connectivity index (χ4n) is 1.97. The van der Waals surface area contributed by atoms with Crippen LogP contribution in [0.3, 0.4) is 0 Å². The molecule has 0 aliphatic rings. The smallest absolute Gasteiger partial charge is 0.268 e. The van der Waals surface area contributed by atoms with Crippen molar-refractivity contribution in [1.82, 2.24) is 14.4 Å². The Bertz CT molecular complexity index is 873. The molecule has 2 aromatic rings. The topological polar surface area (TPSA) is 120 Å². The zero-order chi connectivity index (χ0) is 18.2. The lowest BCUT2D eigenvalue weighted by atomic mass is 10.1. The van der Waals surface area contributed by atoms with Crippen LogP contribution >= 0.6 is 23.2 Å². The van der Waals surface area contributed by atoms with Gasteiger partial charge in [0.1, 0.15) is 5.69 Å². The number of aromatic nitrogens is 2. The van der Waals surface area contributed by atoms with Gasteiger partial charge in [-0.3, -0.25) is 14.6 Å². The summed E-state index contributed by atoms with van der Waals surface area (Å²) in [5.41, 5.74) is -0.442. The predicted octanol–water partition coefficient (Wildman–Crippen LogP) is 0.788. The Labute approximate surface area is 146 Å². The summed E-state index contributed by atoms with van der Waals surface area (Å²) in [6.07, 6.45) is 1.30. The molecule has 0 spiro atoms. The van der Waals surface area contributed by atoms with Crippen LogP contribution in [0.15, 0.2) is 29.2 Å². The molecule has 4 N–H and O–H groups in total. The highest BCUT2D eigenvalue weighted by Crippen LogP contribution is 2.35. The van der Waals surface area contributed by atoms with Crippen molar-refractivity contribution >= 4 is 40.8 Å². The molecule has 0 aliphatic carbocycles. The molecule has 24 heavy (non-hydrogen) atoms. The van der Waals surface area contributed by atoms with Crippen LogP contribution < -0.4 is 22.3 Å². The predicted molar refractivity (Wildman–Crippen MR) is 89.9 cm³/mol. The van der Waals surface area contributed by atoms with E-state index in [9.17, 15) is 14.4 Å². The van der Waals surface area contributed by atoms with Gasteiger partial charge in [0.15, 0.2) is 0 Å². The number of benzene rings is 1. The monoisotopic (exact) mass is 372 g/mol. The van der Waals surface area contributed by atoms with Gasteiger partial charge in [-0.1, -0.05) is 23.2 Å². The number of rotatable bonds is 2. The molecule has 0 unspecified atom stereocenters. The minimum Gasteiger partial charge on any atom is -0.268 e. The maximum Gasteiger partial charge on any atom is 0.352 e. The van der Waals surface area contributed by atoms with Crippen molar-refractivity contribution in [3.63, 3.8) is 0 Å². The highest BCUT2D eigenvalue weighted by molar-refractivity contribution is 6.41. The second-order valence-electron chi connectivity index (χ2n) is 4.85. The quantitative estimate of drug-likeness (QED) is 0.458. The molecule has 9 nitrogen and oxygen atoms in total. The lowest BCUT2D eigenvalue weighted by Gasteiger charge is -2.23. The van der Waals surface area contributed by atoms with Gasteiger partial charge in [-0.15, -0.1) is 0 Å². The summed E-state index contributed by atoms with van der Waals surface area (Å²) in [7, 11) is 2.71. The van der Waals surface area contributed by atoms with Crippen LogP contribution in [0, 0.1) is 0 Å². The lowest BCUT2D eigenvalue weighted by molar-refractivity contribution is 0.0930. The first-order valence-electron chi connectivity index (χ1n) is 6.51. The number of hydrogen-bond acceptors (Lipinski definition) is 5. The van der Waals surface area contributed by atoms with E-state index < -0.39 is 11.9 Å². The number of nitrogens with zero attached hydrogens (tertiary/aromatic N) is 4. The molecular formula is C13H14Cl2N6O3. The molecule has 0 saturated carbocycles. The molecule has 1 aromatic carbocycles. The largest absolute Gasteiger partial charge is 0.352 e. The number of urea groups is 1. The summed E-state index contributed by atoms with van der Waals surface area (Å²) in [5, 5.41) is 1.27. The minimum absolute atomic E-state index is 0.00481. The Morgan fingerprint density at radius 2 is 1.79 bits per heavy atom. The highest BCUT2D eigenvalue weighted by atomic mass is 35.5. The second kappa shape index (κ2) is 6.65. The summed E-state index contributed by atoms with van der Waals surface area (Å²) in [5.74, 6) is 10.5. The fraction of sp³-hybridized carbons (Fsp3) is 0.154. The Balaban J connectivity index is 2.57. The number of carbonyl (C=O) groups excluding carboxylic acids is 2. The van der Waals surface area contributed by atoms with Crippen LogP contribution in [-0.2, 0) is 7.05 Å². The Kier molecular flexibility index (Phi) is 4.99. The van der Waals surface area contributed by atoms with Crippen molar-refractivity contribution in [3.05, 3.63) is 50.4 Å². The zero-order valence-electron chi connectivity index (χ0n) is 12.7. The van der Waals surface area contributed by atoms with Gasteiger partial charge in [-0.2, -0.15) is 0 Å². The lowest BCUT2D eigenvalue weighted by Crippen LogP contribution is -2.48. The maximum absolute atomic E-state index is 12.6. The normalized spacial score (nSPS) is 10.6. The average molecular weight is 373 g/mol. The molecule has 0 fully saturated rings. The molecule has 0 aliphatic heterocycles. The maximum atomic E-state index is 12.6. The third-order valence-electron chi connectivity index (χ3n) is 3.25. The first-order valence-corrected chi connectivity index (χ1v) is 7.27. The van der Waals surface area contributed by atoms with Gasteiger partial charge in [0.25, 0.3) is 11.5 Å². The summed E-state index contributed by atoms with van der Waals surface area (Å²) >= 11 is 12.3. The van der Waals surface area contributed by atoms with E-state index in [-0.39, 0.29) is 26.9 Å². The van der Waals surface area contributed by atoms with Crippen molar-refractivity contribution in [2.45, 2.75) is 0 Å². The number of anilines is 1. The standard InChI is InChI=1S/C13H14Cl2N6O3/c1-18(16)13(24)21(17)11-8(14)4-3-7(10(11)15)12(23)20-6-5-9(22)19(20)2/h3-6H,16-17H2,1-2H3. The second-order valence-corrected chi connectivity index (χ2v) is 5.63. The molecular weight excluding hydrogens is 359 g/mol. The summed E-state index contributed by atoms with van der Waals surface area (Å²) < 4.78 is 2.17. The zero-order valence-corrected chi connectivity index (χ0v) is 14.2. The van der Waals surface area contributed by atoms with Gasteiger partial charge >= 0.3 is 6.03 Å². The van der Waals surface area contributed by atoms with E-state index in [1.807, 2.05) is 0 Å². The number of halogens is 2. The first kappa shape index (κ1) is 18.0. The van der Waals surface area contributed by atoms with E-state index in [4.69, 9.17) is 34.9 Å². The van der Waals surface area contributed by atoms with Crippen molar-refractivity contribution in [2.75, 3.05) is 12.1 Å². The minimum atomic E-state index is -0.795. The van der Waals surface area contributed by atoms with Crippen LogP contribution in [-0.4, -0.2) is 33.4 Å². The SMILES string of the molecule is CN(N)C(=O)N(N)c1c(Cl)ccc(C(=O)n2ccc(=O)n2C)c1Cl. The fourth-order valence-corrected chi connectivity index (χ4v) is 2.60. The number of nitrogens with two attached hydrogens (primary N) is 2. The third-order valence-corrected chi connectivity index (χ3v) is 3.94. The Morgan fingerprint density at radius 3 is 2.29 bits per heavy atom. The van der Waals surface area contributed by atoms with Gasteiger partial charge in [-0.05, 0) is 12.1 Å². The number of hydrogen-bond donors (Lipinski definition) is 2. The molecule has 2 rings (SSSR count). The van der Waals surface area contributed by atoms with E-state index >= 15 is 0 Å². The van der Waals surface area contributed by atoms with E-state index in [2.05, 4.69) is 0 Å². The molecule has 0 atom stereocenters. The summed E-state index contributed by atoms with van der Waals surface area (Å²) in [6, 6.07) is 3.16. The van der Waals surface area contributed by atoms with Crippen molar-refractivity contribution < 1.29 is 9.59 Å². The third kappa shape index (κ3) is 3.02. The molecule has 128 valence electrons. The summed E-state index contributed by atoms with van der Waals surface area (Å²) in [4.78, 5) is 36.0. The Morgan fingerprint density at radius 1 is 1.17 bits per heavy atom. The molecule has 11 heteroatoms. The first-order chi connectivity index (χ1) is 11.2. The van der Waals surface area contributed by atoms with Crippen molar-refractivity contribution in [3.8, 4) is 0 Å². The van der Waals surface area contributed by atoms with Crippen LogP contribution in [0.4, 0.5) is 10.5 Å². The number of carbonyl (C=O) groups is 2. The molecule has 0 saturated heterocycles. The average Bonchev–Trinajstić information content (AvgIpc) is 2.85. The van der Waals surface area contributed by atoms with Gasteiger partial charge in [0, 0.05) is 26.4 Å². The Hall–Kier alpha value is -2.33. The number of amides is 2. The molecule has 0 bridgehead atoms. The molecule has 1 aromatic heterocycles. The van der Waals surface area contributed by atoms with Crippen LogP contribution in [0.25, 0.3) is 0 Å². The van der Waals surface area contributed by atoms with Crippen LogP contribution in [0.5, 0.6) is 0 Å². The van der Waals surface area contributed by atoms with Gasteiger partial charge in [0.2, 0.25) is 0 Å². The van der Waals surface area contributed by atoms with E-state index in [0.29, 0.717) is 5.01 Å². The van der Waals surface area contributed by atoms with Crippen molar-refractivity contribution in [2.24, 2.45) is 18.7 Å². The van der Waals surface area contributed by atoms with Crippen LogP contribution in [0.1, 0.15) is 10.4 Å². The van der Waals surface area contributed by atoms with E-state index in [1.165, 1.54) is 38.5 Å². The molecule has 2 amide bonds. The van der Waals surface area contributed by atoms with E-state index in [1.54, 1.807) is 0 Å². The number of hydrazine groups is 2. The highest BCUT2D eigenvalue weighted by Gasteiger charge is 2.25. The van der Waals surface area contributed by atoms with Gasteiger partial charge in [0.05, 0.1) is 15.6 Å². The van der Waals surface area contributed by atoms with Gasteiger partial charge < -0.3 is 0 Å². The van der Waals surface area contributed by atoms with Crippen molar-refractivity contribution in [1.29, 1.82) is 0 Å². The van der Waals surface area contributed by atoms with Gasteiger partial charge in [-0.25, -0.2) is 30.9 Å². The van der Waals surface area contributed by atoms with Crippen LogP contribution in [0.2, 0.25) is 10.0 Å².